The molecule has 0 atom stereocenters. The molecule has 0 radical (unpaired) electrons. The summed E-state index contributed by atoms with van der Waals surface area (Å²) in [7, 11) is 0. The summed E-state index contributed by atoms with van der Waals surface area (Å²) in [6.45, 7) is 6.23. The summed E-state index contributed by atoms with van der Waals surface area (Å²) in [5.41, 5.74) is 3.95. The Balaban J connectivity index is 2.06. The van der Waals surface area contributed by atoms with Crippen LogP contribution in [0.1, 0.15) is 54.4 Å². The molecule has 0 unspecified atom stereocenters. The van der Waals surface area contributed by atoms with Gasteiger partial charge < -0.3 is 4.74 Å². The largest absolute Gasteiger partial charge is 0.462 e. The van der Waals surface area contributed by atoms with E-state index in [1.807, 2.05) is 0 Å². The highest BCUT2D eigenvalue weighted by Gasteiger charge is 2.28. The highest BCUT2D eigenvalue weighted by atomic mass is 32.1. The Bertz CT molecular complexity index is 608. The summed E-state index contributed by atoms with van der Waals surface area (Å²) in [6, 6.07) is -0.449. The zero-order chi connectivity index (χ0) is 16.8. The topological polar surface area (TPSA) is 79.8 Å². The van der Waals surface area contributed by atoms with E-state index in [1.165, 1.54) is 11.3 Å². The van der Waals surface area contributed by atoms with E-state index in [4.69, 9.17) is 4.74 Å². The molecule has 0 fully saturated rings. The number of hydrogen-bond acceptors (Lipinski definition) is 5. The second-order valence-corrected chi connectivity index (χ2v) is 6.89. The van der Waals surface area contributed by atoms with Crippen LogP contribution in [0.3, 0.4) is 0 Å². The fraction of sp³-hybridized carbons (Fsp3) is 0.562. The highest BCUT2D eigenvalue weighted by molar-refractivity contribution is 7.17. The van der Waals surface area contributed by atoms with Crippen LogP contribution in [0.2, 0.25) is 0 Å². The normalized spacial score (nSPS) is 13.4. The van der Waals surface area contributed by atoms with Gasteiger partial charge in [-0.1, -0.05) is 13.8 Å². The van der Waals surface area contributed by atoms with Crippen LogP contribution in [0.5, 0.6) is 0 Å². The summed E-state index contributed by atoms with van der Waals surface area (Å²) in [5.74, 6) is 0.116. The van der Waals surface area contributed by atoms with Crippen LogP contribution < -0.4 is 10.7 Å². The maximum absolute atomic E-state index is 12.2. The number of thiophene rings is 1. The molecule has 0 bridgehead atoms. The first kappa shape index (κ1) is 17.5. The molecule has 7 heteroatoms. The number of hydrogen-bond donors (Lipinski definition) is 2. The number of nitrogens with zero attached hydrogens (tertiary/aromatic N) is 1. The van der Waals surface area contributed by atoms with Gasteiger partial charge >= 0.3 is 12.0 Å². The molecule has 0 aliphatic heterocycles. The number of ether oxygens (including phenoxy) is 1. The molecule has 1 aliphatic carbocycles. The highest BCUT2D eigenvalue weighted by Crippen LogP contribution is 2.39. The van der Waals surface area contributed by atoms with E-state index < -0.39 is 6.03 Å². The fourth-order valence-corrected chi connectivity index (χ4v) is 3.68. The van der Waals surface area contributed by atoms with Gasteiger partial charge in [-0.15, -0.1) is 11.3 Å². The summed E-state index contributed by atoms with van der Waals surface area (Å²) in [6.07, 6.45) is 5.31. The lowest BCUT2D eigenvalue weighted by Crippen LogP contribution is -2.25. The summed E-state index contributed by atoms with van der Waals surface area (Å²) in [5, 5.41) is 7.15. The molecule has 0 saturated heterocycles. The Labute approximate surface area is 140 Å². The Morgan fingerprint density at radius 1 is 1.39 bits per heavy atom. The number of carbonyl (C=O) groups excluding carboxylic acids is 2. The van der Waals surface area contributed by atoms with Crippen molar-refractivity contribution in [1.82, 2.24) is 5.43 Å². The molecule has 2 amide bonds. The number of urea groups is 1. The number of carbonyl (C=O) groups is 2. The van der Waals surface area contributed by atoms with Gasteiger partial charge in [0.05, 0.1) is 12.2 Å². The van der Waals surface area contributed by atoms with Crippen LogP contribution in [0.15, 0.2) is 5.10 Å². The summed E-state index contributed by atoms with van der Waals surface area (Å²) in [4.78, 5) is 25.3. The molecule has 2 N–H and O–H groups in total. The monoisotopic (exact) mass is 337 g/mol. The van der Waals surface area contributed by atoms with Gasteiger partial charge in [0.2, 0.25) is 0 Å². The minimum Gasteiger partial charge on any atom is -0.462 e. The van der Waals surface area contributed by atoms with Gasteiger partial charge in [-0.3, -0.25) is 5.32 Å². The third-order valence-corrected chi connectivity index (χ3v) is 4.67. The second-order valence-electron chi connectivity index (χ2n) is 5.79. The summed E-state index contributed by atoms with van der Waals surface area (Å²) >= 11 is 1.45. The first-order chi connectivity index (χ1) is 11.0. The maximum Gasteiger partial charge on any atom is 0.341 e. The van der Waals surface area contributed by atoms with E-state index >= 15 is 0 Å². The van der Waals surface area contributed by atoms with Gasteiger partial charge in [0.15, 0.2) is 0 Å². The lowest BCUT2D eigenvalue weighted by molar-refractivity contribution is 0.0527. The zero-order valence-corrected chi connectivity index (χ0v) is 14.6. The average molecular weight is 337 g/mol. The van der Waals surface area contributed by atoms with Crippen LogP contribution in [-0.2, 0) is 17.6 Å². The number of esters is 1. The maximum atomic E-state index is 12.2. The molecule has 2 rings (SSSR count). The first-order valence-corrected chi connectivity index (χ1v) is 8.74. The fourth-order valence-electron chi connectivity index (χ4n) is 2.41. The standard InChI is InChI=1S/C16H23N3O3S/c1-4-22-15(20)13-11-6-5-7-12(11)23-14(13)18-16(21)19-17-9-8-10(2)3/h9-10H,4-8H2,1-3H3,(H2,18,19,21)/b17-9+. The SMILES string of the molecule is CCOC(=O)c1c(NC(=O)N/N=C/CC(C)C)sc2c1CCC2. The Kier molecular flexibility index (Phi) is 6.15. The molecular formula is C16H23N3O3S. The van der Waals surface area contributed by atoms with Crippen molar-refractivity contribution in [2.24, 2.45) is 11.0 Å². The zero-order valence-electron chi connectivity index (χ0n) is 13.8. The van der Waals surface area contributed by atoms with Gasteiger partial charge in [-0.25, -0.2) is 15.0 Å². The number of hydrazone groups is 1. The van der Waals surface area contributed by atoms with E-state index in [9.17, 15) is 9.59 Å². The number of anilines is 1. The number of nitrogens with one attached hydrogen (secondary N) is 2. The van der Waals surface area contributed by atoms with Crippen LogP contribution in [-0.4, -0.2) is 24.8 Å². The van der Waals surface area contributed by atoms with Crippen molar-refractivity contribution in [3.05, 3.63) is 16.0 Å². The molecule has 0 spiro atoms. The molecule has 1 aromatic rings. The molecule has 1 aromatic heterocycles. The number of amides is 2. The van der Waals surface area contributed by atoms with Crippen molar-refractivity contribution in [3.8, 4) is 0 Å². The van der Waals surface area contributed by atoms with Gasteiger partial charge in [0.25, 0.3) is 0 Å². The molecule has 1 heterocycles. The first-order valence-electron chi connectivity index (χ1n) is 7.93. The van der Waals surface area contributed by atoms with E-state index in [0.29, 0.717) is 23.1 Å². The van der Waals surface area contributed by atoms with Gasteiger partial charge in [-0.05, 0) is 44.1 Å². The molecule has 6 nitrogen and oxygen atoms in total. The minimum absolute atomic E-state index is 0.314. The van der Waals surface area contributed by atoms with Crippen molar-refractivity contribution >= 4 is 34.6 Å². The van der Waals surface area contributed by atoms with Crippen molar-refractivity contribution in [3.63, 3.8) is 0 Å². The van der Waals surface area contributed by atoms with Gasteiger partial charge in [0, 0.05) is 11.1 Å². The number of rotatable bonds is 6. The molecule has 0 saturated carbocycles. The molecule has 23 heavy (non-hydrogen) atoms. The Morgan fingerprint density at radius 3 is 2.87 bits per heavy atom. The van der Waals surface area contributed by atoms with Crippen LogP contribution in [0.25, 0.3) is 0 Å². The van der Waals surface area contributed by atoms with E-state index in [1.54, 1.807) is 13.1 Å². The number of fused-ring (bicyclic) bond motifs is 1. The van der Waals surface area contributed by atoms with Crippen LogP contribution in [0.4, 0.5) is 9.80 Å². The Hall–Kier alpha value is -1.89. The molecule has 126 valence electrons. The molecule has 1 aliphatic rings. The smallest absolute Gasteiger partial charge is 0.341 e. The number of aryl methyl sites for hydroxylation is 1. The van der Waals surface area contributed by atoms with Crippen molar-refractivity contribution < 1.29 is 14.3 Å². The molecule has 0 aromatic carbocycles. The minimum atomic E-state index is -0.449. The third-order valence-electron chi connectivity index (χ3n) is 3.46. The average Bonchev–Trinajstić information content (AvgIpc) is 3.03. The predicted molar refractivity (Wildman–Crippen MR) is 92.4 cm³/mol. The van der Waals surface area contributed by atoms with Crippen LogP contribution >= 0.6 is 11.3 Å². The van der Waals surface area contributed by atoms with Crippen LogP contribution in [0, 0.1) is 5.92 Å². The third kappa shape index (κ3) is 4.54. The van der Waals surface area contributed by atoms with Gasteiger partial charge in [-0.2, -0.15) is 5.10 Å². The lowest BCUT2D eigenvalue weighted by atomic mass is 10.1. The van der Waals surface area contributed by atoms with Crippen molar-refractivity contribution in [2.75, 3.05) is 11.9 Å². The quantitative estimate of drug-likeness (QED) is 0.473. The molecular weight excluding hydrogens is 314 g/mol. The van der Waals surface area contributed by atoms with E-state index in [2.05, 4.69) is 29.7 Å². The second kappa shape index (κ2) is 8.10. The predicted octanol–water partition coefficient (Wildman–Crippen LogP) is 3.57. The Morgan fingerprint density at radius 2 is 2.17 bits per heavy atom. The van der Waals surface area contributed by atoms with Gasteiger partial charge in [0.1, 0.15) is 5.00 Å². The lowest BCUT2D eigenvalue weighted by Gasteiger charge is -2.07. The van der Waals surface area contributed by atoms with Crippen molar-refractivity contribution in [2.45, 2.75) is 46.5 Å². The van der Waals surface area contributed by atoms with Crippen molar-refractivity contribution in [1.29, 1.82) is 0 Å². The van der Waals surface area contributed by atoms with E-state index in [0.717, 1.165) is 36.1 Å². The van der Waals surface area contributed by atoms with E-state index in [-0.39, 0.29) is 5.97 Å². The summed E-state index contributed by atoms with van der Waals surface area (Å²) < 4.78 is 5.13.